The Kier molecular flexibility index (Phi) is 7.39. The van der Waals surface area contributed by atoms with E-state index in [2.05, 4.69) is 36.1 Å². The smallest absolute Gasteiger partial charge is 0.148 e. The molecule has 21 heavy (non-hydrogen) atoms. The number of nitrogens with zero attached hydrogens (tertiary/aromatic N) is 3. The van der Waals surface area contributed by atoms with Crippen molar-refractivity contribution in [3.05, 3.63) is 11.4 Å². The Morgan fingerprint density at radius 2 is 2.05 bits per heavy atom. The van der Waals surface area contributed by atoms with E-state index in [1.165, 1.54) is 0 Å². The number of methoxy groups -OCH3 is 1. The van der Waals surface area contributed by atoms with E-state index in [9.17, 15) is 0 Å². The molecule has 1 aromatic heterocycles. The molecule has 1 heterocycles. The Bertz CT molecular complexity index is 438. The van der Waals surface area contributed by atoms with Crippen molar-refractivity contribution < 1.29 is 4.74 Å². The first-order valence-corrected chi connectivity index (χ1v) is 7.68. The number of nitrogen functional groups attached to an aromatic ring is 1. The van der Waals surface area contributed by atoms with Gasteiger partial charge in [0.15, 0.2) is 0 Å². The minimum atomic E-state index is 0.383. The predicted molar refractivity (Wildman–Crippen MR) is 87.5 cm³/mol. The molecule has 0 fully saturated rings. The van der Waals surface area contributed by atoms with Gasteiger partial charge in [0.05, 0.1) is 6.61 Å². The lowest BCUT2D eigenvalue weighted by Gasteiger charge is -2.31. The molecule has 0 aliphatic rings. The van der Waals surface area contributed by atoms with Gasteiger partial charge in [-0.1, -0.05) is 13.8 Å². The van der Waals surface area contributed by atoms with Crippen LogP contribution in [0.3, 0.4) is 0 Å². The highest BCUT2D eigenvalue weighted by atomic mass is 16.5. The molecule has 0 spiro atoms. The van der Waals surface area contributed by atoms with Crippen LogP contribution < -0.4 is 16.2 Å². The molecule has 0 aliphatic heterocycles. The molecule has 1 aromatic rings. The number of nitrogens with one attached hydrogen (secondary N) is 1. The fraction of sp³-hybridized carbons (Fsp3) is 0.733. The van der Waals surface area contributed by atoms with Crippen molar-refractivity contribution in [3.63, 3.8) is 0 Å². The van der Waals surface area contributed by atoms with Crippen molar-refractivity contribution in [2.75, 3.05) is 30.6 Å². The molecular formula is C15H29N5O. The van der Waals surface area contributed by atoms with E-state index in [1.807, 2.05) is 6.92 Å². The van der Waals surface area contributed by atoms with Crippen molar-refractivity contribution in [1.29, 1.82) is 0 Å². The van der Waals surface area contributed by atoms with Crippen molar-refractivity contribution >= 4 is 11.6 Å². The van der Waals surface area contributed by atoms with Gasteiger partial charge in [0.1, 0.15) is 17.5 Å². The molecule has 6 nitrogen and oxygen atoms in total. The summed E-state index contributed by atoms with van der Waals surface area (Å²) in [5, 5.41) is 0. The third-order valence-electron chi connectivity index (χ3n) is 3.71. The number of aromatic nitrogens is 2. The van der Waals surface area contributed by atoms with Gasteiger partial charge >= 0.3 is 0 Å². The van der Waals surface area contributed by atoms with E-state index < -0.39 is 0 Å². The quantitative estimate of drug-likeness (QED) is 0.537. The Labute approximate surface area is 128 Å². The molecule has 0 bridgehead atoms. The molecule has 6 heteroatoms. The summed E-state index contributed by atoms with van der Waals surface area (Å²) in [6, 6.07) is 0.383. The van der Waals surface area contributed by atoms with E-state index in [4.69, 9.17) is 15.6 Å². The minimum absolute atomic E-state index is 0.383. The summed E-state index contributed by atoms with van der Waals surface area (Å²) in [5.74, 6) is 8.09. The summed E-state index contributed by atoms with van der Waals surface area (Å²) in [6.45, 7) is 9.97. The number of rotatable bonds is 9. The summed E-state index contributed by atoms with van der Waals surface area (Å²) in [6.07, 6.45) is 2.90. The van der Waals surface area contributed by atoms with Crippen LogP contribution in [0.1, 0.15) is 45.0 Å². The number of hydrazine groups is 1. The summed E-state index contributed by atoms with van der Waals surface area (Å²) < 4.78 is 5.24. The first kappa shape index (κ1) is 17.7. The predicted octanol–water partition coefficient (Wildman–Crippen LogP) is 2.27. The minimum Gasteiger partial charge on any atom is -0.383 e. The van der Waals surface area contributed by atoms with Gasteiger partial charge in [-0.2, -0.15) is 0 Å². The van der Waals surface area contributed by atoms with Crippen LogP contribution in [0.25, 0.3) is 0 Å². The fourth-order valence-electron chi connectivity index (χ4n) is 2.25. The van der Waals surface area contributed by atoms with Crippen LogP contribution in [0.5, 0.6) is 0 Å². The van der Waals surface area contributed by atoms with Gasteiger partial charge in [-0.25, -0.2) is 15.8 Å². The van der Waals surface area contributed by atoms with E-state index in [-0.39, 0.29) is 0 Å². The number of anilines is 2. The Balaban J connectivity index is 3.23. The first-order valence-electron chi connectivity index (χ1n) is 7.68. The largest absolute Gasteiger partial charge is 0.383 e. The molecule has 0 aliphatic carbocycles. The van der Waals surface area contributed by atoms with Crippen LogP contribution in [-0.4, -0.2) is 36.3 Å². The van der Waals surface area contributed by atoms with Gasteiger partial charge in [0, 0.05) is 31.7 Å². The van der Waals surface area contributed by atoms with Crippen molar-refractivity contribution in [1.82, 2.24) is 9.97 Å². The molecule has 0 aromatic carbocycles. The number of aryl methyl sites for hydroxylation is 1. The maximum absolute atomic E-state index is 5.61. The van der Waals surface area contributed by atoms with Crippen LogP contribution in [0.2, 0.25) is 0 Å². The average molecular weight is 295 g/mol. The number of ether oxygens (including phenoxy) is 1. The van der Waals surface area contributed by atoms with Crippen LogP contribution >= 0.6 is 0 Å². The van der Waals surface area contributed by atoms with Gasteiger partial charge < -0.3 is 15.1 Å². The maximum atomic E-state index is 5.61. The van der Waals surface area contributed by atoms with Crippen LogP contribution in [0, 0.1) is 6.92 Å². The van der Waals surface area contributed by atoms with E-state index in [0.717, 1.165) is 43.0 Å². The zero-order valence-corrected chi connectivity index (χ0v) is 13.9. The second kappa shape index (κ2) is 8.79. The number of hydrogen-bond acceptors (Lipinski definition) is 6. The highest BCUT2D eigenvalue weighted by Gasteiger charge is 2.19. The molecule has 0 amide bonds. The lowest BCUT2D eigenvalue weighted by atomic mass is 10.2. The Morgan fingerprint density at radius 3 is 2.57 bits per heavy atom. The normalized spacial score (nSPS) is 12.3. The summed E-state index contributed by atoms with van der Waals surface area (Å²) in [5.41, 5.74) is 3.67. The molecule has 0 radical (unpaired) electrons. The van der Waals surface area contributed by atoms with Crippen molar-refractivity contribution in [2.45, 2.75) is 53.0 Å². The third kappa shape index (κ3) is 4.54. The topological polar surface area (TPSA) is 76.3 Å². The molecule has 3 N–H and O–H groups in total. The fourth-order valence-corrected chi connectivity index (χ4v) is 2.25. The second-order valence-corrected chi connectivity index (χ2v) is 5.27. The van der Waals surface area contributed by atoms with Gasteiger partial charge in [0.25, 0.3) is 0 Å². The highest BCUT2D eigenvalue weighted by Crippen LogP contribution is 2.25. The van der Waals surface area contributed by atoms with E-state index in [1.54, 1.807) is 7.11 Å². The molecule has 120 valence electrons. The van der Waals surface area contributed by atoms with Gasteiger partial charge in [-0.3, -0.25) is 0 Å². The molecule has 1 atom stereocenters. The second-order valence-electron chi connectivity index (χ2n) is 5.27. The van der Waals surface area contributed by atoms with E-state index >= 15 is 0 Å². The maximum Gasteiger partial charge on any atom is 0.148 e. The molecular weight excluding hydrogens is 266 g/mol. The first-order chi connectivity index (χ1) is 10.1. The summed E-state index contributed by atoms with van der Waals surface area (Å²) in [4.78, 5) is 11.5. The average Bonchev–Trinajstić information content (AvgIpc) is 2.49. The molecule has 0 saturated heterocycles. The van der Waals surface area contributed by atoms with Crippen LogP contribution in [0.15, 0.2) is 0 Å². The Hall–Kier alpha value is -1.40. The Morgan fingerprint density at radius 1 is 1.33 bits per heavy atom. The lowest BCUT2D eigenvalue weighted by molar-refractivity contribution is 0.203. The van der Waals surface area contributed by atoms with Gasteiger partial charge in [-0.15, -0.1) is 0 Å². The zero-order valence-electron chi connectivity index (χ0n) is 13.9. The van der Waals surface area contributed by atoms with Gasteiger partial charge in [0.2, 0.25) is 0 Å². The lowest BCUT2D eigenvalue weighted by Crippen LogP contribution is -2.37. The molecule has 0 saturated carbocycles. The SMILES string of the molecule is CCCc1nc(NN)c(C)c(N(CCOC)C(C)CC)n1. The molecule has 1 rings (SSSR count). The monoisotopic (exact) mass is 295 g/mol. The number of nitrogens with two attached hydrogens (primary N) is 1. The van der Waals surface area contributed by atoms with Gasteiger partial charge in [-0.05, 0) is 26.7 Å². The van der Waals surface area contributed by atoms with Crippen LogP contribution in [-0.2, 0) is 11.2 Å². The third-order valence-corrected chi connectivity index (χ3v) is 3.71. The van der Waals surface area contributed by atoms with E-state index in [0.29, 0.717) is 18.5 Å². The molecule has 1 unspecified atom stereocenters. The summed E-state index contributed by atoms with van der Waals surface area (Å²) >= 11 is 0. The highest BCUT2D eigenvalue weighted by molar-refractivity contribution is 5.58. The van der Waals surface area contributed by atoms with Crippen LogP contribution in [0.4, 0.5) is 11.6 Å². The van der Waals surface area contributed by atoms with Crippen molar-refractivity contribution in [2.24, 2.45) is 5.84 Å². The summed E-state index contributed by atoms with van der Waals surface area (Å²) in [7, 11) is 1.72. The standard InChI is InChI=1S/C15H29N5O/c1-6-8-13-17-14(19-16)12(4)15(18-13)20(9-10-21-5)11(3)7-2/h11H,6-10,16H2,1-5H3,(H,17,18,19). The van der Waals surface area contributed by atoms with Crippen molar-refractivity contribution in [3.8, 4) is 0 Å². The zero-order chi connectivity index (χ0) is 15.8. The number of hydrogen-bond donors (Lipinski definition) is 2.